The maximum atomic E-state index is 13.3. The van der Waals surface area contributed by atoms with E-state index in [0.717, 1.165) is 5.56 Å². The molecule has 9 heteroatoms. The molecule has 4 aromatic rings. The van der Waals surface area contributed by atoms with Crippen LogP contribution in [0.2, 0.25) is 0 Å². The number of rotatable bonds is 6. The lowest BCUT2D eigenvalue weighted by Gasteiger charge is -2.13. The van der Waals surface area contributed by atoms with Gasteiger partial charge in [-0.3, -0.25) is 9.52 Å². The lowest BCUT2D eigenvalue weighted by molar-refractivity contribution is 0.102. The Bertz CT molecular complexity index is 1530. The van der Waals surface area contributed by atoms with Crippen molar-refractivity contribution in [2.24, 2.45) is 0 Å². The van der Waals surface area contributed by atoms with E-state index in [1.807, 2.05) is 13.0 Å². The van der Waals surface area contributed by atoms with E-state index in [2.05, 4.69) is 15.1 Å². The number of halogens is 1. The zero-order valence-electron chi connectivity index (χ0n) is 19.8. The molecule has 180 valence electrons. The van der Waals surface area contributed by atoms with E-state index in [0.29, 0.717) is 39.6 Å². The second kappa shape index (κ2) is 9.34. The molecule has 0 aliphatic heterocycles. The van der Waals surface area contributed by atoms with Gasteiger partial charge < -0.3 is 5.32 Å². The third-order valence-electron chi connectivity index (χ3n) is 5.60. The number of anilines is 2. The third kappa shape index (κ3) is 5.09. The minimum absolute atomic E-state index is 0.0623. The second-order valence-corrected chi connectivity index (χ2v) is 9.99. The number of nitrogens with zero attached hydrogens (tertiary/aromatic N) is 2. The van der Waals surface area contributed by atoms with Gasteiger partial charge in [-0.05, 0) is 87.4 Å². The van der Waals surface area contributed by atoms with Gasteiger partial charge >= 0.3 is 0 Å². The van der Waals surface area contributed by atoms with Gasteiger partial charge in [0.2, 0.25) is 0 Å². The number of nitrogens with one attached hydrogen (secondary N) is 2. The molecule has 0 aliphatic rings. The third-order valence-corrected chi connectivity index (χ3v) is 7.12. The van der Waals surface area contributed by atoms with Crippen LogP contribution in [0.3, 0.4) is 0 Å². The summed E-state index contributed by atoms with van der Waals surface area (Å²) in [7, 11) is -3.88. The molecule has 0 saturated carbocycles. The Morgan fingerprint density at radius 1 is 0.914 bits per heavy atom. The number of amides is 1. The molecule has 0 aliphatic carbocycles. The van der Waals surface area contributed by atoms with E-state index in [1.165, 1.54) is 18.2 Å². The zero-order valence-corrected chi connectivity index (χ0v) is 20.6. The summed E-state index contributed by atoms with van der Waals surface area (Å²) in [6.45, 7) is 7.02. The number of carbonyl (C=O) groups excluding carboxylic acids is 1. The van der Waals surface area contributed by atoms with Crippen LogP contribution < -0.4 is 10.0 Å². The van der Waals surface area contributed by atoms with Crippen LogP contribution in [0.15, 0.2) is 71.6 Å². The fraction of sp³-hybridized carbons (Fsp3) is 0.154. The van der Waals surface area contributed by atoms with Crippen LogP contribution >= 0.6 is 0 Å². The minimum Gasteiger partial charge on any atom is -0.322 e. The Balaban J connectivity index is 1.61. The first-order chi connectivity index (χ1) is 16.5. The monoisotopic (exact) mass is 492 g/mol. The SMILES string of the molecule is Cc1cccc(NS(=O)(=O)c2cc(NC(=O)c3c(C)nn(-c4ccc(F)cc4)c3C)ccc2C)c1. The number of aromatic nitrogens is 2. The van der Waals surface area contributed by atoms with Crippen LogP contribution in [0.4, 0.5) is 15.8 Å². The highest BCUT2D eigenvalue weighted by atomic mass is 32.2. The maximum Gasteiger partial charge on any atom is 0.262 e. The van der Waals surface area contributed by atoms with Gasteiger partial charge in [0.05, 0.1) is 27.5 Å². The largest absolute Gasteiger partial charge is 0.322 e. The van der Waals surface area contributed by atoms with Gasteiger partial charge in [-0.15, -0.1) is 0 Å². The van der Waals surface area contributed by atoms with Crippen LogP contribution in [0.25, 0.3) is 5.69 Å². The first-order valence-corrected chi connectivity index (χ1v) is 12.4. The molecule has 2 N–H and O–H groups in total. The van der Waals surface area contributed by atoms with E-state index in [1.54, 1.807) is 67.9 Å². The van der Waals surface area contributed by atoms with E-state index < -0.39 is 15.9 Å². The van der Waals surface area contributed by atoms with Crippen molar-refractivity contribution < 1.29 is 17.6 Å². The van der Waals surface area contributed by atoms with Crippen molar-refractivity contribution in [3.63, 3.8) is 0 Å². The average molecular weight is 493 g/mol. The topological polar surface area (TPSA) is 93.1 Å². The maximum absolute atomic E-state index is 13.3. The highest BCUT2D eigenvalue weighted by Gasteiger charge is 2.22. The van der Waals surface area contributed by atoms with E-state index in [4.69, 9.17) is 0 Å². The van der Waals surface area contributed by atoms with Crippen molar-refractivity contribution in [1.82, 2.24) is 9.78 Å². The fourth-order valence-corrected chi connectivity index (χ4v) is 5.21. The Labute approximate surface area is 203 Å². The summed E-state index contributed by atoms with van der Waals surface area (Å²) >= 11 is 0. The lowest BCUT2D eigenvalue weighted by Crippen LogP contribution is -2.17. The standard InChI is InChI=1S/C26H25FN4O3S/c1-16-6-5-7-22(14-16)30-35(33,34)24-15-21(11-8-17(24)2)28-26(32)25-18(3)29-31(19(25)4)23-12-9-20(27)10-13-23/h5-15,30H,1-4H3,(H,28,32). The molecule has 35 heavy (non-hydrogen) atoms. The van der Waals surface area contributed by atoms with Gasteiger partial charge in [0, 0.05) is 11.4 Å². The molecule has 7 nitrogen and oxygen atoms in total. The molecular formula is C26H25FN4O3S. The highest BCUT2D eigenvalue weighted by Crippen LogP contribution is 2.25. The summed E-state index contributed by atoms with van der Waals surface area (Å²) < 4.78 is 43.6. The Kier molecular flexibility index (Phi) is 6.45. The van der Waals surface area contributed by atoms with Crippen LogP contribution in [-0.2, 0) is 10.0 Å². The van der Waals surface area contributed by atoms with Crippen LogP contribution in [0.5, 0.6) is 0 Å². The van der Waals surface area contributed by atoms with E-state index >= 15 is 0 Å². The van der Waals surface area contributed by atoms with Crippen molar-refractivity contribution in [3.05, 3.63) is 101 Å². The molecular weight excluding hydrogens is 467 g/mol. The Hall–Kier alpha value is -3.98. The summed E-state index contributed by atoms with van der Waals surface area (Å²) in [6.07, 6.45) is 0. The quantitative estimate of drug-likeness (QED) is 0.382. The second-order valence-electron chi connectivity index (χ2n) is 8.34. The average Bonchev–Trinajstić information content (AvgIpc) is 3.09. The van der Waals surface area contributed by atoms with E-state index in [9.17, 15) is 17.6 Å². The fourth-order valence-electron chi connectivity index (χ4n) is 3.88. The minimum atomic E-state index is -3.88. The summed E-state index contributed by atoms with van der Waals surface area (Å²) in [5.41, 5.74) is 4.30. The number of benzene rings is 3. The Morgan fingerprint density at radius 3 is 2.31 bits per heavy atom. The predicted molar refractivity (Wildman–Crippen MR) is 134 cm³/mol. The molecule has 0 fully saturated rings. The molecule has 0 radical (unpaired) electrons. The van der Waals surface area contributed by atoms with Crippen LogP contribution in [0.1, 0.15) is 32.9 Å². The van der Waals surface area contributed by atoms with Crippen molar-refractivity contribution in [2.75, 3.05) is 10.0 Å². The summed E-state index contributed by atoms with van der Waals surface area (Å²) in [5.74, 6) is -0.789. The number of carbonyl (C=O) groups is 1. The summed E-state index contributed by atoms with van der Waals surface area (Å²) in [6, 6.07) is 17.6. The number of hydrogen-bond donors (Lipinski definition) is 2. The van der Waals surface area contributed by atoms with Crippen molar-refractivity contribution in [1.29, 1.82) is 0 Å². The first-order valence-electron chi connectivity index (χ1n) is 10.9. The summed E-state index contributed by atoms with van der Waals surface area (Å²) in [5, 5.41) is 7.21. The van der Waals surface area contributed by atoms with E-state index in [-0.39, 0.29) is 10.7 Å². The molecule has 0 atom stereocenters. The molecule has 1 amide bonds. The van der Waals surface area contributed by atoms with Gasteiger partial charge in [-0.1, -0.05) is 18.2 Å². The van der Waals surface area contributed by atoms with Crippen molar-refractivity contribution in [3.8, 4) is 5.69 Å². The molecule has 1 aromatic heterocycles. The molecule has 0 saturated heterocycles. The van der Waals surface area contributed by atoms with Crippen LogP contribution in [0, 0.1) is 33.5 Å². The van der Waals surface area contributed by atoms with Gasteiger partial charge in [0.15, 0.2) is 0 Å². The Morgan fingerprint density at radius 2 is 1.63 bits per heavy atom. The predicted octanol–water partition coefficient (Wildman–Crippen LogP) is 5.30. The highest BCUT2D eigenvalue weighted by molar-refractivity contribution is 7.92. The van der Waals surface area contributed by atoms with Gasteiger partial charge in [0.25, 0.3) is 15.9 Å². The van der Waals surface area contributed by atoms with Gasteiger partial charge in [0.1, 0.15) is 5.82 Å². The van der Waals surface area contributed by atoms with Gasteiger partial charge in [-0.2, -0.15) is 5.10 Å². The molecule has 4 rings (SSSR count). The zero-order chi connectivity index (χ0) is 25.3. The molecule has 0 unspecified atom stereocenters. The number of aryl methyl sites for hydroxylation is 3. The number of sulfonamides is 1. The van der Waals surface area contributed by atoms with Crippen molar-refractivity contribution >= 4 is 27.3 Å². The number of hydrogen-bond acceptors (Lipinski definition) is 4. The smallest absolute Gasteiger partial charge is 0.262 e. The molecule has 0 bridgehead atoms. The van der Waals surface area contributed by atoms with Crippen molar-refractivity contribution in [2.45, 2.75) is 32.6 Å². The van der Waals surface area contributed by atoms with Crippen LogP contribution in [-0.4, -0.2) is 24.1 Å². The lowest BCUT2D eigenvalue weighted by atomic mass is 10.1. The summed E-state index contributed by atoms with van der Waals surface area (Å²) in [4.78, 5) is 13.2. The van der Waals surface area contributed by atoms with Gasteiger partial charge in [-0.25, -0.2) is 17.5 Å². The first kappa shape index (κ1) is 24.2. The normalized spacial score (nSPS) is 11.3. The molecule has 0 spiro atoms. The molecule has 1 heterocycles. The molecule has 3 aromatic carbocycles.